The third-order valence-electron chi connectivity index (χ3n) is 4.92. The van der Waals surface area contributed by atoms with Crippen molar-refractivity contribution in [2.24, 2.45) is 11.8 Å². The van der Waals surface area contributed by atoms with Crippen molar-refractivity contribution in [3.05, 3.63) is 30.4 Å². The molecule has 0 radical (unpaired) electrons. The standard InChI is InChI=1S/C16H17F4N5O/c17-12(16(18,19)20)8-26-11-2-1-5-25-14(11)23-15(24-25)22-13-9-3-4-10(13)7-21-6-9/h1-2,5,8-10,13,21H,3-4,6-7H2,(H,22,24)/b12-8-/t9-,10+,13-. The summed E-state index contributed by atoms with van der Waals surface area (Å²) in [4.78, 5) is 4.31. The first-order chi connectivity index (χ1) is 12.4. The van der Waals surface area contributed by atoms with E-state index in [1.54, 1.807) is 6.20 Å². The Morgan fingerprint density at radius 3 is 2.73 bits per heavy atom. The van der Waals surface area contributed by atoms with E-state index >= 15 is 0 Å². The van der Waals surface area contributed by atoms with Gasteiger partial charge in [-0.3, -0.25) is 0 Å². The Hall–Kier alpha value is -2.36. The van der Waals surface area contributed by atoms with Gasteiger partial charge in [-0.1, -0.05) is 0 Å². The number of ether oxygens (including phenoxy) is 1. The molecule has 1 aliphatic carbocycles. The maximum atomic E-state index is 13.0. The van der Waals surface area contributed by atoms with E-state index in [4.69, 9.17) is 4.74 Å². The lowest BCUT2D eigenvalue weighted by atomic mass is 9.94. The number of piperidine rings is 1. The van der Waals surface area contributed by atoms with Crippen molar-refractivity contribution in [1.82, 2.24) is 19.9 Å². The Morgan fingerprint density at radius 2 is 2.04 bits per heavy atom. The molecule has 3 heterocycles. The molecule has 0 aromatic carbocycles. The second-order valence-corrected chi connectivity index (χ2v) is 6.58. The summed E-state index contributed by atoms with van der Waals surface area (Å²) in [5.41, 5.74) is 0.211. The van der Waals surface area contributed by atoms with Crippen LogP contribution in [-0.4, -0.2) is 39.9 Å². The average molecular weight is 371 g/mol. The highest BCUT2D eigenvalue weighted by Crippen LogP contribution is 2.35. The largest absolute Gasteiger partial charge is 0.458 e. The zero-order valence-electron chi connectivity index (χ0n) is 13.6. The van der Waals surface area contributed by atoms with Crippen molar-refractivity contribution in [3.8, 4) is 5.75 Å². The Balaban J connectivity index is 1.56. The first kappa shape index (κ1) is 17.1. The lowest BCUT2D eigenvalue weighted by Gasteiger charge is -2.30. The lowest BCUT2D eigenvalue weighted by molar-refractivity contribution is -0.110. The molecule has 0 amide bonds. The number of aromatic nitrogens is 3. The molecule has 2 fully saturated rings. The van der Waals surface area contributed by atoms with Crippen LogP contribution in [0.25, 0.3) is 5.65 Å². The molecule has 0 unspecified atom stereocenters. The second-order valence-electron chi connectivity index (χ2n) is 6.58. The summed E-state index contributed by atoms with van der Waals surface area (Å²) in [5.74, 6) is -0.950. The van der Waals surface area contributed by atoms with Gasteiger partial charge in [-0.05, 0) is 49.9 Å². The van der Waals surface area contributed by atoms with E-state index < -0.39 is 12.0 Å². The highest BCUT2D eigenvalue weighted by molar-refractivity contribution is 5.56. The number of alkyl halides is 3. The molecular formula is C16H17F4N5O. The smallest absolute Gasteiger partial charge is 0.446 e. The Kier molecular flexibility index (Phi) is 4.22. The molecule has 3 atom stereocenters. The summed E-state index contributed by atoms with van der Waals surface area (Å²) < 4.78 is 55.9. The molecule has 6 nitrogen and oxygen atoms in total. The normalized spacial score (nSPS) is 26.3. The molecule has 26 heavy (non-hydrogen) atoms. The van der Waals surface area contributed by atoms with Crippen molar-refractivity contribution in [1.29, 1.82) is 0 Å². The third-order valence-corrected chi connectivity index (χ3v) is 4.92. The predicted molar refractivity (Wildman–Crippen MR) is 85.4 cm³/mol. The first-order valence-corrected chi connectivity index (χ1v) is 8.34. The average Bonchev–Trinajstić information content (AvgIpc) is 3.08. The van der Waals surface area contributed by atoms with E-state index in [1.807, 2.05) is 0 Å². The van der Waals surface area contributed by atoms with Crippen LogP contribution in [0.1, 0.15) is 12.8 Å². The molecule has 1 saturated heterocycles. The van der Waals surface area contributed by atoms with Crippen LogP contribution in [-0.2, 0) is 0 Å². The summed E-state index contributed by atoms with van der Waals surface area (Å²) in [6.45, 7) is 1.88. The first-order valence-electron chi connectivity index (χ1n) is 8.34. The lowest BCUT2D eigenvalue weighted by Crippen LogP contribution is -2.45. The Bertz CT molecular complexity index is 818. The van der Waals surface area contributed by atoms with E-state index in [0.717, 1.165) is 25.9 Å². The molecule has 1 aliphatic heterocycles. The van der Waals surface area contributed by atoms with Gasteiger partial charge in [0.2, 0.25) is 11.8 Å². The van der Waals surface area contributed by atoms with Crippen LogP contribution < -0.4 is 15.4 Å². The van der Waals surface area contributed by atoms with Crippen LogP contribution >= 0.6 is 0 Å². The van der Waals surface area contributed by atoms with Crippen molar-refractivity contribution >= 4 is 11.6 Å². The molecule has 4 rings (SSSR count). The van der Waals surface area contributed by atoms with E-state index in [-0.39, 0.29) is 23.7 Å². The number of anilines is 1. The number of hydrogen-bond donors (Lipinski definition) is 2. The molecule has 2 aromatic heterocycles. The van der Waals surface area contributed by atoms with Gasteiger partial charge in [0.25, 0.3) is 0 Å². The number of pyridine rings is 1. The van der Waals surface area contributed by atoms with Gasteiger partial charge in [0, 0.05) is 12.2 Å². The van der Waals surface area contributed by atoms with Gasteiger partial charge >= 0.3 is 6.18 Å². The number of allylic oxidation sites excluding steroid dienone is 1. The SMILES string of the molecule is F/C(=C\Oc1cccn2nc(N[C@@H]3[C@@H]4CC[C@H]3CNC4)nc12)C(F)(F)F. The van der Waals surface area contributed by atoms with Gasteiger partial charge in [-0.25, -0.2) is 4.52 Å². The molecule has 2 bridgehead atoms. The molecule has 2 aromatic rings. The number of nitrogens with zero attached hydrogens (tertiary/aromatic N) is 3. The number of rotatable bonds is 4. The monoisotopic (exact) mass is 371 g/mol. The minimum absolute atomic E-state index is 0.0132. The van der Waals surface area contributed by atoms with E-state index in [2.05, 4.69) is 20.7 Å². The van der Waals surface area contributed by atoms with Crippen LogP contribution in [0.15, 0.2) is 30.4 Å². The van der Waals surface area contributed by atoms with Crippen molar-refractivity contribution in [2.45, 2.75) is 25.1 Å². The number of halogens is 4. The van der Waals surface area contributed by atoms with Gasteiger partial charge in [-0.2, -0.15) is 22.5 Å². The minimum atomic E-state index is -5.08. The van der Waals surface area contributed by atoms with Crippen LogP contribution in [0.4, 0.5) is 23.5 Å². The minimum Gasteiger partial charge on any atom is -0.458 e. The fourth-order valence-corrected chi connectivity index (χ4v) is 3.69. The summed E-state index contributed by atoms with van der Waals surface area (Å²) in [6.07, 6.45) is -1.18. The van der Waals surface area contributed by atoms with Crippen LogP contribution in [0.2, 0.25) is 0 Å². The van der Waals surface area contributed by atoms with Crippen molar-refractivity contribution in [3.63, 3.8) is 0 Å². The zero-order chi connectivity index (χ0) is 18.3. The van der Waals surface area contributed by atoms with Crippen molar-refractivity contribution < 1.29 is 22.3 Å². The van der Waals surface area contributed by atoms with Gasteiger partial charge in [0.05, 0.1) is 0 Å². The van der Waals surface area contributed by atoms with Gasteiger partial charge < -0.3 is 15.4 Å². The maximum Gasteiger partial charge on any atom is 0.446 e. The summed E-state index contributed by atoms with van der Waals surface area (Å²) >= 11 is 0. The Labute approximate surface area is 146 Å². The van der Waals surface area contributed by atoms with Crippen molar-refractivity contribution in [2.75, 3.05) is 18.4 Å². The quantitative estimate of drug-likeness (QED) is 0.639. The zero-order valence-corrected chi connectivity index (χ0v) is 13.6. The molecule has 1 saturated carbocycles. The fraction of sp³-hybridized carbons (Fsp3) is 0.500. The molecule has 10 heteroatoms. The van der Waals surface area contributed by atoms with Crippen LogP contribution in [0, 0.1) is 11.8 Å². The number of nitrogens with one attached hydrogen (secondary N) is 2. The Morgan fingerprint density at radius 1 is 1.31 bits per heavy atom. The fourth-order valence-electron chi connectivity index (χ4n) is 3.69. The summed E-state index contributed by atoms with van der Waals surface area (Å²) in [6, 6.07) is 3.21. The van der Waals surface area contributed by atoms with E-state index in [1.165, 1.54) is 16.6 Å². The summed E-state index contributed by atoms with van der Waals surface area (Å²) in [5, 5.41) is 11.0. The molecule has 0 spiro atoms. The second kappa shape index (κ2) is 6.42. The van der Waals surface area contributed by atoms with Crippen LogP contribution in [0.5, 0.6) is 5.75 Å². The maximum absolute atomic E-state index is 13.0. The number of hydrogen-bond acceptors (Lipinski definition) is 5. The topological polar surface area (TPSA) is 63.5 Å². The molecular weight excluding hydrogens is 354 g/mol. The van der Waals surface area contributed by atoms with Gasteiger partial charge in [0.1, 0.15) is 6.26 Å². The summed E-state index contributed by atoms with van der Waals surface area (Å²) in [7, 11) is 0. The molecule has 140 valence electrons. The highest BCUT2D eigenvalue weighted by atomic mass is 19.4. The third kappa shape index (κ3) is 3.20. The molecule has 2 aliphatic rings. The van der Waals surface area contributed by atoms with E-state index in [9.17, 15) is 17.6 Å². The van der Waals surface area contributed by atoms with Gasteiger partial charge in [0.15, 0.2) is 11.4 Å². The molecule has 2 N–H and O–H groups in total. The predicted octanol–water partition coefficient (Wildman–Crippen LogP) is 2.89. The number of fused-ring (bicyclic) bond motifs is 3. The highest BCUT2D eigenvalue weighted by Gasteiger charge is 2.39. The van der Waals surface area contributed by atoms with Gasteiger partial charge in [-0.15, -0.1) is 5.10 Å². The van der Waals surface area contributed by atoms with Crippen LogP contribution in [0.3, 0.4) is 0 Å². The van der Waals surface area contributed by atoms with E-state index in [0.29, 0.717) is 17.8 Å².